The van der Waals surface area contributed by atoms with Crippen molar-refractivity contribution in [3.8, 4) is 17.7 Å². The van der Waals surface area contributed by atoms with Crippen molar-refractivity contribution in [1.29, 1.82) is 5.26 Å². The number of fused-ring (bicyclic) bond motifs is 1. The predicted molar refractivity (Wildman–Crippen MR) is 83.5 cm³/mol. The smallest absolute Gasteiger partial charge is 0.245 e. The molecule has 0 saturated carbocycles. The minimum absolute atomic E-state index is 0.347. The first-order valence-corrected chi connectivity index (χ1v) is 7.59. The average molecular weight is 302 g/mol. The normalized spacial score (nSPS) is 16.6. The zero-order valence-corrected chi connectivity index (χ0v) is 12.4. The number of rotatable bonds is 2. The van der Waals surface area contributed by atoms with Crippen LogP contribution >= 0.6 is 0 Å². The number of aryl methyl sites for hydroxylation is 1. The van der Waals surface area contributed by atoms with Gasteiger partial charge in [0.25, 0.3) is 0 Å². The van der Waals surface area contributed by atoms with E-state index in [9.17, 15) is 0 Å². The lowest BCUT2D eigenvalue weighted by molar-refractivity contribution is 0.464. The van der Waals surface area contributed by atoms with Gasteiger partial charge in [-0.05, 0) is 42.2 Å². The van der Waals surface area contributed by atoms with E-state index >= 15 is 0 Å². The lowest BCUT2D eigenvalue weighted by Gasteiger charge is -2.20. The molecule has 1 aliphatic rings. The Balaban J connectivity index is 1.62. The molecular weight excluding hydrogens is 288 g/mol. The molecule has 4 rings (SSSR count). The first-order valence-electron chi connectivity index (χ1n) is 7.59. The van der Waals surface area contributed by atoms with Gasteiger partial charge < -0.3 is 4.42 Å². The maximum atomic E-state index is 9.00. The summed E-state index contributed by atoms with van der Waals surface area (Å²) in [6.45, 7) is 0. The molecule has 0 spiro atoms. The van der Waals surface area contributed by atoms with Crippen LogP contribution in [-0.2, 0) is 12.8 Å². The van der Waals surface area contributed by atoms with E-state index in [1.807, 2.05) is 30.3 Å². The van der Waals surface area contributed by atoms with Crippen molar-refractivity contribution in [2.75, 3.05) is 0 Å². The van der Waals surface area contributed by atoms with Gasteiger partial charge in [0.15, 0.2) is 0 Å². The molecule has 0 radical (unpaired) electrons. The van der Waals surface area contributed by atoms with Crippen LogP contribution in [0.25, 0.3) is 11.6 Å². The third kappa shape index (κ3) is 2.59. The van der Waals surface area contributed by atoms with E-state index in [1.165, 1.54) is 0 Å². The van der Waals surface area contributed by atoms with E-state index in [2.05, 4.69) is 21.0 Å². The van der Waals surface area contributed by atoms with Crippen molar-refractivity contribution >= 4 is 0 Å². The Labute approximate surface area is 133 Å². The van der Waals surface area contributed by atoms with Gasteiger partial charge >= 0.3 is 0 Å². The van der Waals surface area contributed by atoms with Crippen LogP contribution in [0.5, 0.6) is 0 Å². The Kier molecular flexibility index (Phi) is 3.35. The van der Waals surface area contributed by atoms with Crippen LogP contribution in [0, 0.1) is 11.3 Å². The topological polar surface area (TPSA) is 75.6 Å². The largest absolute Gasteiger partial charge is 0.440 e. The van der Waals surface area contributed by atoms with E-state index in [-0.39, 0.29) is 0 Å². The predicted octanol–water partition coefficient (Wildman–Crippen LogP) is 3.28. The van der Waals surface area contributed by atoms with E-state index in [0.29, 0.717) is 17.5 Å². The van der Waals surface area contributed by atoms with Gasteiger partial charge in [-0.3, -0.25) is 4.98 Å². The Morgan fingerprint density at radius 2 is 2.13 bits per heavy atom. The summed E-state index contributed by atoms with van der Waals surface area (Å²) in [4.78, 5) is 13.0. The summed E-state index contributed by atoms with van der Waals surface area (Å²) in [6.07, 6.45) is 6.09. The second-order valence-corrected chi connectivity index (χ2v) is 5.63. The third-order valence-corrected chi connectivity index (χ3v) is 4.19. The SMILES string of the molecule is N#Cc1cc(C2CCc3oc(-c4ccccn4)nc3C2)ccn1. The number of hydrogen-bond donors (Lipinski definition) is 0. The highest BCUT2D eigenvalue weighted by atomic mass is 16.4. The molecule has 0 amide bonds. The first kappa shape index (κ1) is 13.6. The van der Waals surface area contributed by atoms with E-state index in [4.69, 9.17) is 9.68 Å². The fourth-order valence-corrected chi connectivity index (χ4v) is 3.02. The van der Waals surface area contributed by atoms with Crippen LogP contribution in [0.2, 0.25) is 0 Å². The molecular formula is C18H14N4O. The maximum Gasteiger partial charge on any atom is 0.245 e. The summed E-state index contributed by atoms with van der Waals surface area (Å²) in [5, 5.41) is 9.00. The average Bonchev–Trinajstić information content (AvgIpc) is 3.06. The molecule has 1 aliphatic carbocycles. The van der Waals surface area contributed by atoms with Gasteiger partial charge in [-0.25, -0.2) is 9.97 Å². The maximum absolute atomic E-state index is 9.00. The lowest BCUT2D eigenvalue weighted by Crippen LogP contribution is -2.12. The molecule has 5 nitrogen and oxygen atoms in total. The molecule has 0 saturated heterocycles. The summed E-state index contributed by atoms with van der Waals surface area (Å²) < 4.78 is 5.88. The summed E-state index contributed by atoms with van der Waals surface area (Å²) in [6, 6.07) is 11.6. The molecule has 0 bridgehead atoms. The molecule has 0 aromatic carbocycles. The fraction of sp³-hybridized carbons (Fsp3) is 0.222. The first-order chi connectivity index (χ1) is 11.3. The van der Waals surface area contributed by atoms with Gasteiger partial charge in [-0.15, -0.1) is 0 Å². The summed E-state index contributed by atoms with van der Waals surface area (Å²) >= 11 is 0. The highest BCUT2D eigenvalue weighted by Crippen LogP contribution is 2.34. The monoisotopic (exact) mass is 302 g/mol. The molecule has 1 atom stereocenters. The van der Waals surface area contributed by atoms with Crippen LogP contribution in [0.15, 0.2) is 47.1 Å². The summed E-state index contributed by atoms with van der Waals surface area (Å²) in [5.74, 6) is 1.89. The zero-order valence-electron chi connectivity index (χ0n) is 12.4. The second kappa shape index (κ2) is 5.65. The summed E-state index contributed by atoms with van der Waals surface area (Å²) in [5.41, 5.74) is 3.36. The minimum atomic E-state index is 0.347. The van der Waals surface area contributed by atoms with Crippen LogP contribution < -0.4 is 0 Å². The van der Waals surface area contributed by atoms with E-state index in [0.717, 1.165) is 42.0 Å². The van der Waals surface area contributed by atoms with Crippen molar-refractivity contribution in [1.82, 2.24) is 15.0 Å². The number of hydrogen-bond acceptors (Lipinski definition) is 5. The van der Waals surface area contributed by atoms with Crippen LogP contribution in [0.1, 0.15) is 35.1 Å². The summed E-state index contributed by atoms with van der Waals surface area (Å²) in [7, 11) is 0. The molecule has 0 aliphatic heterocycles. The second-order valence-electron chi connectivity index (χ2n) is 5.63. The Hall–Kier alpha value is -3.00. The number of oxazole rings is 1. The molecule has 0 N–H and O–H groups in total. The standard InChI is InChI=1S/C18H14N4O/c19-11-14-9-13(6-8-20-14)12-4-5-17-16(10-12)22-18(23-17)15-3-1-2-7-21-15/h1-3,6-9,12H,4-5,10H2. The van der Waals surface area contributed by atoms with Gasteiger partial charge in [-0.2, -0.15) is 5.26 Å². The molecule has 3 aromatic heterocycles. The molecule has 1 unspecified atom stereocenters. The highest BCUT2D eigenvalue weighted by Gasteiger charge is 2.26. The van der Waals surface area contributed by atoms with E-state index < -0.39 is 0 Å². The van der Waals surface area contributed by atoms with Gasteiger partial charge in [0, 0.05) is 25.2 Å². The fourth-order valence-electron chi connectivity index (χ4n) is 3.02. The van der Waals surface area contributed by atoms with Crippen molar-refractivity contribution < 1.29 is 4.42 Å². The quantitative estimate of drug-likeness (QED) is 0.726. The molecule has 3 aromatic rings. The third-order valence-electron chi connectivity index (χ3n) is 4.19. The van der Waals surface area contributed by atoms with Gasteiger partial charge in [0.2, 0.25) is 5.89 Å². The van der Waals surface area contributed by atoms with Gasteiger partial charge in [0.05, 0.1) is 5.69 Å². The minimum Gasteiger partial charge on any atom is -0.440 e. The van der Waals surface area contributed by atoms with Crippen molar-refractivity contribution in [3.63, 3.8) is 0 Å². The Morgan fingerprint density at radius 3 is 2.96 bits per heavy atom. The molecule has 5 heteroatoms. The number of pyridine rings is 2. The van der Waals surface area contributed by atoms with E-state index in [1.54, 1.807) is 12.4 Å². The van der Waals surface area contributed by atoms with Crippen LogP contribution in [0.4, 0.5) is 0 Å². The van der Waals surface area contributed by atoms with Gasteiger partial charge in [-0.1, -0.05) is 6.07 Å². The van der Waals surface area contributed by atoms with Crippen molar-refractivity contribution in [3.05, 3.63) is 65.4 Å². The van der Waals surface area contributed by atoms with Crippen LogP contribution in [-0.4, -0.2) is 15.0 Å². The van der Waals surface area contributed by atoms with Crippen molar-refractivity contribution in [2.45, 2.75) is 25.2 Å². The van der Waals surface area contributed by atoms with Crippen LogP contribution in [0.3, 0.4) is 0 Å². The zero-order chi connectivity index (χ0) is 15.6. The number of nitriles is 1. The number of aromatic nitrogens is 3. The Morgan fingerprint density at radius 1 is 1.17 bits per heavy atom. The number of nitrogens with zero attached hydrogens (tertiary/aromatic N) is 4. The highest BCUT2D eigenvalue weighted by molar-refractivity contribution is 5.47. The lowest BCUT2D eigenvalue weighted by atomic mass is 9.85. The molecule has 3 heterocycles. The molecule has 23 heavy (non-hydrogen) atoms. The molecule has 112 valence electrons. The molecule has 0 fully saturated rings. The van der Waals surface area contributed by atoms with Crippen molar-refractivity contribution in [2.24, 2.45) is 0 Å². The van der Waals surface area contributed by atoms with Gasteiger partial charge in [0.1, 0.15) is 23.2 Å². The Bertz CT molecular complexity index is 880.